The second-order valence-corrected chi connectivity index (χ2v) is 3.23. The molecule has 0 unspecified atom stereocenters. The fraction of sp³-hybridized carbons (Fsp3) is 1.00. The van der Waals surface area contributed by atoms with E-state index in [0.717, 1.165) is 32.8 Å². The lowest BCUT2D eigenvalue weighted by atomic mass is 10.2. The highest BCUT2D eigenvalue weighted by atomic mass is 16.5. The van der Waals surface area contributed by atoms with E-state index in [1.807, 2.05) is 6.92 Å². The molecule has 0 aromatic rings. The first-order chi connectivity index (χ1) is 5.83. The average Bonchev–Trinajstić information content (AvgIpc) is 2.45. The van der Waals surface area contributed by atoms with E-state index in [1.54, 1.807) is 0 Å². The van der Waals surface area contributed by atoms with Gasteiger partial charge >= 0.3 is 0 Å². The van der Waals surface area contributed by atoms with Crippen molar-refractivity contribution in [3.05, 3.63) is 0 Å². The van der Waals surface area contributed by atoms with Crippen LogP contribution in [0.15, 0.2) is 0 Å². The first-order valence-electron chi connectivity index (χ1n) is 4.75. The van der Waals surface area contributed by atoms with Gasteiger partial charge in [0, 0.05) is 19.2 Å². The Morgan fingerprint density at radius 2 is 2.25 bits per heavy atom. The van der Waals surface area contributed by atoms with E-state index in [9.17, 15) is 0 Å². The first kappa shape index (κ1) is 9.96. The third kappa shape index (κ3) is 3.52. The lowest BCUT2D eigenvalue weighted by Gasteiger charge is -2.09. The van der Waals surface area contributed by atoms with E-state index in [4.69, 9.17) is 9.47 Å². The van der Waals surface area contributed by atoms with Crippen molar-refractivity contribution in [2.24, 2.45) is 0 Å². The van der Waals surface area contributed by atoms with E-state index in [0.29, 0.717) is 12.1 Å². The summed E-state index contributed by atoms with van der Waals surface area (Å²) in [6, 6.07) is 0.613. The summed E-state index contributed by atoms with van der Waals surface area (Å²) in [7, 11) is 0. The van der Waals surface area contributed by atoms with Crippen molar-refractivity contribution in [1.82, 2.24) is 5.32 Å². The molecule has 0 bridgehead atoms. The van der Waals surface area contributed by atoms with Crippen molar-refractivity contribution in [2.45, 2.75) is 32.4 Å². The average molecular weight is 173 g/mol. The van der Waals surface area contributed by atoms with Crippen molar-refractivity contribution in [3.63, 3.8) is 0 Å². The van der Waals surface area contributed by atoms with Crippen molar-refractivity contribution < 1.29 is 9.47 Å². The van der Waals surface area contributed by atoms with E-state index >= 15 is 0 Å². The molecule has 1 aliphatic heterocycles. The molecule has 2 atom stereocenters. The molecule has 72 valence electrons. The van der Waals surface area contributed by atoms with Gasteiger partial charge in [0.1, 0.15) is 0 Å². The zero-order chi connectivity index (χ0) is 8.81. The third-order valence-corrected chi connectivity index (χ3v) is 2.10. The topological polar surface area (TPSA) is 30.5 Å². The molecule has 1 saturated heterocycles. The van der Waals surface area contributed by atoms with E-state index < -0.39 is 0 Å². The molecule has 1 N–H and O–H groups in total. The summed E-state index contributed by atoms with van der Waals surface area (Å²) in [6.45, 7) is 7.41. The second kappa shape index (κ2) is 5.51. The van der Waals surface area contributed by atoms with Crippen LogP contribution >= 0.6 is 0 Å². The maximum absolute atomic E-state index is 5.59. The third-order valence-electron chi connectivity index (χ3n) is 2.10. The number of hydrogen-bond acceptors (Lipinski definition) is 3. The highest BCUT2D eigenvalue weighted by molar-refractivity contribution is 4.78. The fourth-order valence-corrected chi connectivity index (χ4v) is 1.44. The van der Waals surface area contributed by atoms with Gasteiger partial charge in [-0.3, -0.25) is 0 Å². The van der Waals surface area contributed by atoms with Crippen LogP contribution < -0.4 is 5.32 Å². The second-order valence-electron chi connectivity index (χ2n) is 3.23. The SMILES string of the molecule is CCOCCO[C@@H]1CN[C@H](C)C1. The van der Waals surface area contributed by atoms with Gasteiger partial charge in [-0.1, -0.05) is 0 Å². The van der Waals surface area contributed by atoms with Gasteiger partial charge in [0.25, 0.3) is 0 Å². The van der Waals surface area contributed by atoms with Gasteiger partial charge in [-0.05, 0) is 20.3 Å². The lowest BCUT2D eigenvalue weighted by molar-refractivity contribution is 0.0154. The van der Waals surface area contributed by atoms with Gasteiger partial charge in [0.2, 0.25) is 0 Å². The standard InChI is InChI=1S/C9H19NO2/c1-3-11-4-5-12-9-6-8(2)10-7-9/h8-10H,3-7H2,1-2H3/t8-,9+/m1/s1. The minimum Gasteiger partial charge on any atom is -0.379 e. The van der Waals surface area contributed by atoms with Crippen LogP contribution in [-0.2, 0) is 9.47 Å². The van der Waals surface area contributed by atoms with Crippen LogP contribution in [0.3, 0.4) is 0 Å². The predicted octanol–water partition coefficient (Wildman–Crippen LogP) is 0.790. The molecule has 0 aliphatic carbocycles. The molecule has 1 heterocycles. The Morgan fingerprint density at radius 1 is 1.42 bits per heavy atom. The molecule has 3 nitrogen and oxygen atoms in total. The molecule has 1 aliphatic rings. The maximum Gasteiger partial charge on any atom is 0.0715 e. The summed E-state index contributed by atoms with van der Waals surface area (Å²) in [6.07, 6.45) is 1.53. The van der Waals surface area contributed by atoms with Gasteiger partial charge in [-0.15, -0.1) is 0 Å². The van der Waals surface area contributed by atoms with E-state index in [-0.39, 0.29) is 0 Å². The maximum atomic E-state index is 5.59. The molecule has 0 aromatic heterocycles. The van der Waals surface area contributed by atoms with E-state index in [2.05, 4.69) is 12.2 Å². The Balaban J connectivity index is 1.93. The molecule has 0 spiro atoms. The fourth-order valence-electron chi connectivity index (χ4n) is 1.44. The first-order valence-corrected chi connectivity index (χ1v) is 4.75. The predicted molar refractivity (Wildman–Crippen MR) is 48.3 cm³/mol. The molecule has 12 heavy (non-hydrogen) atoms. The minimum atomic E-state index is 0.403. The number of hydrogen-bond donors (Lipinski definition) is 1. The minimum absolute atomic E-state index is 0.403. The summed E-state index contributed by atoms with van der Waals surface area (Å²) < 4.78 is 10.8. The highest BCUT2D eigenvalue weighted by Crippen LogP contribution is 2.08. The Morgan fingerprint density at radius 3 is 2.83 bits per heavy atom. The molecule has 3 heteroatoms. The van der Waals surface area contributed by atoms with Gasteiger partial charge in [-0.2, -0.15) is 0 Å². The van der Waals surface area contributed by atoms with Crippen LogP contribution in [0.25, 0.3) is 0 Å². The lowest BCUT2D eigenvalue weighted by Crippen LogP contribution is -2.20. The van der Waals surface area contributed by atoms with Crippen molar-refractivity contribution in [1.29, 1.82) is 0 Å². The zero-order valence-electron chi connectivity index (χ0n) is 8.01. The van der Waals surface area contributed by atoms with Crippen molar-refractivity contribution in [2.75, 3.05) is 26.4 Å². The number of ether oxygens (including phenoxy) is 2. The molecule has 0 radical (unpaired) electrons. The Kier molecular flexibility index (Phi) is 4.58. The van der Waals surface area contributed by atoms with Crippen LogP contribution in [0.2, 0.25) is 0 Å². The summed E-state index contributed by atoms with van der Waals surface area (Å²) in [4.78, 5) is 0. The summed E-state index contributed by atoms with van der Waals surface area (Å²) in [5, 5.41) is 3.34. The molecular formula is C9H19NO2. The monoisotopic (exact) mass is 173 g/mol. The number of rotatable bonds is 5. The molecule has 1 rings (SSSR count). The van der Waals surface area contributed by atoms with Crippen molar-refractivity contribution >= 4 is 0 Å². The summed E-state index contributed by atoms with van der Waals surface area (Å²) >= 11 is 0. The number of nitrogens with one attached hydrogen (secondary N) is 1. The van der Waals surface area contributed by atoms with Gasteiger partial charge < -0.3 is 14.8 Å². The molecule has 1 fully saturated rings. The van der Waals surface area contributed by atoms with Crippen LogP contribution in [0.1, 0.15) is 20.3 Å². The largest absolute Gasteiger partial charge is 0.379 e. The molecule has 0 saturated carbocycles. The Bertz CT molecular complexity index is 119. The van der Waals surface area contributed by atoms with Gasteiger partial charge in [0.15, 0.2) is 0 Å². The molecular weight excluding hydrogens is 154 g/mol. The summed E-state index contributed by atoms with van der Waals surface area (Å²) in [5.74, 6) is 0. The highest BCUT2D eigenvalue weighted by Gasteiger charge is 2.20. The van der Waals surface area contributed by atoms with Crippen LogP contribution in [0.4, 0.5) is 0 Å². The van der Waals surface area contributed by atoms with Crippen LogP contribution in [-0.4, -0.2) is 38.5 Å². The summed E-state index contributed by atoms with van der Waals surface area (Å²) in [5.41, 5.74) is 0. The van der Waals surface area contributed by atoms with Gasteiger partial charge in [-0.25, -0.2) is 0 Å². The van der Waals surface area contributed by atoms with Crippen LogP contribution in [0.5, 0.6) is 0 Å². The normalized spacial score (nSPS) is 29.5. The quantitative estimate of drug-likeness (QED) is 0.623. The smallest absolute Gasteiger partial charge is 0.0715 e. The Hall–Kier alpha value is -0.120. The van der Waals surface area contributed by atoms with E-state index in [1.165, 1.54) is 0 Å². The van der Waals surface area contributed by atoms with Gasteiger partial charge in [0.05, 0.1) is 19.3 Å². The molecule has 0 aromatic carbocycles. The Labute approximate surface area is 74.4 Å². The molecule has 0 amide bonds. The van der Waals surface area contributed by atoms with Crippen LogP contribution in [0, 0.1) is 0 Å². The van der Waals surface area contributed by atoms with Crippen molar-refractivity contribution in [3.8, 4) is 0 Å². The zero-order valence-corrected chi connectivity index (χ0v) is 8.01.